The van der Waals surface area contributed by atoms with E-state index in [9.17, 15) is 18.3 Å². The fourth-order valence-electron chi connectivity index (χ4n) is 3.34. The van der Waals surface area contributed by atoms with Gasteiger partial charge in [0.15, 0.2) is 9.84 Å². The molecule has 0 aromatic rings. The molecular weight excluding hydrogens is 290 g/mol. The fraction of sp³-hybridized carbons (Fsp3) is 0.933. The van der Waals surface area contributed by atoms with Crippen LogP contribution in [0.25, 0.3) is 0 Å². The molecule has 0 spiro atoms. The van der Waals surface area contributed by atoms with E-state index in [1.807, 2.05) is 20.8 Å². The van der Waals surface area contributed by atoms with Gasteiger partial charge in [-0.25, -0.2) is 8.42 Å². The van der Waals surface area contributed by atoms with E-state index in [4.69, 9.17) is 0 Å². The maximum atomic E-state index is 11.7. The predicted molar refractivity (Wildman–Crippen MR) is 84.0 cm³/mol. The number of hydrogen-bond donors (Lipinski definition) is 2. The monoisotopic (exact) mass is 319 g/mol. The Morgan fingerprint density at radius 2 is 1.90 bits per heavy atom. The van der Waals surface area contributed by atoms with Gasteiger partial charge in [-0.1, -0.05) is 27.7 Å². The maximum Gasteiger partial charge on any atom is 0.307 e. The number of hydrogen-bond acceptors (Lipinski definition) is 4. The molecule has 124 valence electrons. The van der Waals surface area contributed by atoms with Gasteiger partial charge >= 0.3 is 5.97 Å². The molecular formula is C15H29NO4S. The first-order valence-corrected chi connectivity index (χ1v) is 9.60. The molecule has 3 unspecified atom stereocenters. The lowest BCUT2D eigenvalue weighted by atomic mass is 9.61. The molecule has 6 heteroatoms. The molecule has 1 fully saturated rings. The van der Waals surface area contributed by atoms with Crippen molar-refractivity contribution in [3.05, 3.63) is 0 Å². The number of carbonyl (C=O) groups is 1. The van der Waals surface area contributed by atoms with E-state index < -0.39 is 15.8 Å². The molecule has 0 radical (unpaired) electrons. The minimum absolute atomic E-state index is 0.160. The average molecular weight is 319 g/mol. The van der Waals surface area contributed by atoms with Gasteiger partial charge in [-0.2, -0.15) is 0 Å². The Kier molecular flexibility index (Phi) is 6.23. The molecule has 0 saturated heterocycles. The number of sulfone groups is 1. The van der Waals surface area contributed by atoms with E-state index in [0.29, 0.717) is 19.4 Å². The van der Waals surface area contributed by atoms with Crippen LogP contribution in [0, 0.1) is 17.3 Å². The van der Waals surface area contributed by atoms with Gasteiger partial charge in [0.05, 0.1) is 11.7 Å². The van der Waals surface area contributed by atoms with E-state index in [0.717, 1.165) is 6.42 Å². The van der Waals surface area contributed by atoms with Crippen molar-refractivity contribution < 1.29 is 18.3 Å². The third-order valence-corrected chi connectivity index (χ3v) is 6.93. The standard InChI is InChI=1S/C15H29NO4S/c1-5-9-21(19,20)10-8-16-13-7-6-12(14(17)18)15(3,4)11(13)2/h11-13,16H,5-10H2,1-4H3,(H,17,18). The SMILES string of the molecule is CCCS(=O)(=O)CCNC1CCC(C(=O)O)C(C)(C)C1C. The van der Waals surface area contributed by atoms with Gasteiger partial charge in [0.2, 0.25) is 0 Å². The van der Waals surface area contributed by atoms with Crippen LogP contribution in [0.2, 0.25) is 0 Å². The van der Waals surface area contributed by atoms with Crippen LogP contribution in [-0.2, 0) is 14.6 Å². The Balaban J connectivity index is 2.57. The molecule has 0 aromatic carbocycles. The molecule has 0 bridgehead atoms. The fourth-order valence-corrected chi connectivity index (χ4v) is 4.59. The van der Waals surface area contributed by atoms with E-state index in [-0.39, 0.29) is 34.8 Å². The second-order valence-corrected chi connectivity index (χ2v) is 9.09. The first-order valence-electron chi connectivity index (χ1n) is 7.78. The average Bonchev–Trinajstić information content (AvgIpc) is 2.33. The summed E-state index contributed by atoms with van der Waals surface area (Å²) in [4.78, 5) is 11.3. The highest BCUT2D eigenvalue weighted by Gasteiger charge is 2.45. The van der Waals surface area contributed by atoms with Crippen molar-refractivity contribution in [1.29, 1.82) is 0 Å². The highest BCUT2D eigenvalue weighted by atomic mass is 32.2. The first-order chi connectivity index (χ1) is 9.62. The molecule has 3 atom stereocenters. The van der Waals surface area contributed by atoms with Crippen molar-refractivity contribution in [2.45, 2.75) is 53.0 Å². The Bertz CT molecular complexity index is 458. The van der Waals surface area contributed by atoms with Crippen molar-refractivity contribution in [1.82, 2.24) is 5.32 Å². The number of rotatable bonds is 7. The quantitative estimate of drug-likeness (QED) is 0.749. The summed E-state index contributed by atoms with van der Waals surface area (Å²) < 4.78 is 23.4. The van der Waals surface area contributed by atoms with Crippen LogP contribution in [0.3, 0.4) is 0 Å². The lowest BCUT2D eigenvalue weighted by Crippen LogP contribution is -2.51. The number of carboxylic acids is 1. The van der Waals surface area contributed by atoms with Crippen LogP contribution in [0.15, 0.2) is 0 Å². The Morgan fingerprint density at radius 1 is 1.29 bits per heavy atom. The Morgan fingerprint density at radius 3 is 2.43 bits per heavy atom. The van der Waals surface area contributed by atoms with Crippen molar-refractivity contribution in [2.24, 2.45) is 17.3 Å². The van der Waals surface area contributed by atoms with E-state index in [1.165, 1.54) is 0 Å². The lowest BCUT2D eigenvalue weighted by molar-refractivity contribution is -0.150. The molecule has 1 rings (SSSR count). The topological polar surface area (TPSA) is 83.5 Å². The van der Waals surface area contributed by atoms with Gasteiger partial charge in [-0.15, -0.1) is 0 Å². The van der Waals surface area contributed by atoms with Crippen LogP contribution >= 0.6 is 0 Å². The van der Waals surface area contributed by atoms with Gasteiger partial charge < -0.3 is 10.4 Å². The zero-order valence-corrected chi connectivity index (χ0v) is 14.4. The van der Waals surface area contributed by atoms with Crippen molar-refractivity contribution in [2.75, 3.05) is 18.1 Å². The highest BCUT2D eigenvalue weighted by molar-refractivity contribution is 7.91. The molecule has 0 heterocycles. The van der Waals surface area contributed by atoms with Crippen LogP contribution in [0.4, 0.5) is 0 Å². The molecule has 0 aliphatic heterocycles. The molecule has 2 N–H and O–H groups in total. The minimum atomic E-state index is -2.96. The van der Waals surface area contributed by atoms with Gasteiger partial charge in [0, 0.05) is 18.3 Å². The minimum Gasteiger partial charge on any atom is -0.481 e. The van der Waals surface area contributed by atoms with Gasteiger partial charge in [0.25, 0.3) is 0 Å². The third kappa shape index (κ3) is 4.68. The summed E-state index contributed by atoms with van der Waals surface area (Å²) in [6.45, 7) is 8.37. The molecule has 0 aromatic heterocycles. The molecule has 5 nitrogen and oxygen atoms in total. The Labute approximate surface area is 128 Å². The molecule has 1 aliphatic carbocycles. The molecule has 21 heavy (non-hydrogen) atoms. The first kappa shape index (κ1) is 18.4. The van der Waals surface area contributed by atoms with Crippen LogP contribution < -0.4 is 5.32 Å². The van der Waals surface area contributed by atoms with Gasteiger partial charge in [-0.05, 0) is 30.6 Å². The number of nitrogens with one attached hydrogen (secondary N) is 1. The van der Waals surface area contributed by atoms with Crippen molar-refractivity contribution >= 4 is 15.8 Å². The lowest BCUT2D eigenvalue weighted by Gasteiger charge is -2.46. The largest absolute Gasteiger partial charge is 0.481 e. The second kappa shape index (κ2) is 7.09. The third-order valence-electron chi connectivity index (χ3n) is 5.07. The normalized spacial score (nSPS) is 29.2. The molecule has 0 amide bonds. The van der Waals surface area contributed by atoms with Gasteiger partial charge in [-0.3, -0.25) is 4.79 Å². The summed E-state index contributed by atoms with van der Waals surface area (Å²) in [5, 5.41) is 12.6. The van der Waals surface area contributed by atoms with Gasteiger partial charge in [0.1, 0.15) is 0 Å². The van der Waals surface area contributed by atoms with E-state index in [2.05, 4.69) is 12.2 Å². The van der Waals surface area contributed by atoms with E-state index in [1.54, 1.807) is 0 Å². The summed E-state index contributed by atoms with van der Waals surface area (Å²) in [5.74, 6) is -0.458. The van der Waals surface area contributed by atoms with E-state index >= 15 is 0 Å². The summed E-state index contributed by atoms with van der Waals surface area (Å²) in [6, 6.07) is 0.187. The summed E-state index contributed by atoms with van der Waals surface area (Å²) >= 11 is 0. The number of aliphatic carboxylic acids is 1. The summed E-state index contributed by atoms with van der Waals surface area (Å²) in [6.07, 6.45) is 2.08. The zero-order valence-electron chi connectivity index (χ0n) is 13.6. The summed E-state index contributed by atoms with van der Waals surface area (Å²) in [7, 11) is -2.96. The van der Waals surface area contributed by atoms with Crippen molar-refractivity contribution in [3.63, 3.8) is 0 Å². The summed E-state index contributed by atoms with van der Waals surface area (Å²) in [5.41, 5.74) is -0.288. The maximum absolute atomic E-state index is 11.7. The highest BCUT2D eigenvalue weighted by Crippen LogP contribution is 2.44. The van der Waals surface area contributed by atoms with Crippen LogP contribution in [-0.4, -0.2) is 43.6 Å². The van der Waals surface area contributed by atoms with Crippen LogP contribution in [0.5, 0.6) is 0 Å². The number of carboxylic acid groups (broad SMARTS) is 1. The molecule has 1 aliphatic rings. The van der Waals surface area contributed by atoms with Crippen molar-refractivity contribution in [3.8, 4) is 0 Å². The second-order valence-electron chi connectivity index (χ2n) is 6.79. The predicted octanol–water partition coefficient (Wildman–Crippen LogP) is 1.93. The Hall–Kier alpha value is -0.620. The smallest absolute Gasteiger partial charge is 0.307 e. The zero-order chi connectivity index (χ0) is 16.3. The van der Waals surface area contributed by atoms with Crippen LogP contribution in [0.1, 0.15) is 47.0 Å². The molecule has 1 saturated carbocycles.